The van der Waals surface area contributed by atoms with Gasteiger partial charge in [0, 0.05) is 21.8 Å². The van der Waals surface area contributed by atoms with Gasteiger partial charge in [-0.25, -0.2) is 0 Å². The predicted molar refractivity (Wildman–Crippen MR) is 86.5 cm³/mol. The highest BCUT2D eigenvalue weighted by Crippen LogP contribution is 2.28. The van der Waals surface area contributed by atoms with Gasteiger partial charge in [0.25, 0.3) is 0 Å². The van der Waals surface area contributed by atoms with Crippen LogP contribution in [-0.4, -0.2) is 28.5 Å². The zero-order chi connectivity index (χ0) is 14.8. The predicted octanol–water partition coefficient (Wildman–Crippen LogP) is 3.58. The molecule has 3 heteroatoms. The number of rotatable bonds is 5. The first-order valence-corrected chi connectivity index (χ1v) is 7.42. The second kappa shape index (κ2) is 5.88. The molecule has 0 saturated carbocycles. The Balaban J connectivity index is 1.99. The van der Waals surface area contributed by atoms with E-state index in [-0.39, 0.29) is 6.10 Å². The molecule has 1 N–H and O–H groups in total. The van der Waals surface area contributed by atoms with Crippen LogP contribution >= 0.6 is 0 Å². The lowest BCUT2D eigenvalue weighted by molar-refractivity contribution is 0.000172. The highest BCUT2D eigenvalue weighted by molar-refractivity contribution is 6.07. The Kier molecular flexibility index (Phi) is 3.95. The molecule has 0 aliphatic rings. The Labute approximate surface area is 124 Å². The largest absolute Gasteiger partial charge is 0.389 e. The maximum absolute atomic E-state index is 10.2. The van der Waals surface area contributed by atoms with E-state index in [0.717, 1.165) is 11.0 Å². The van der Waals surface area contributed by atoms with Crippen LogP contribution in [0.25, 0.3) is 21.8 Å². The summed E-state index contributed by atoms with van der Waals surface area (Å²) in [6.07, 6.45) is -0.371. The van der Waals surface area contributed by atoms with E-state index in [1.54, 1.807) is 0 Å². The van der Waals surface area contributed by atoms with Crippen molar-refractivity contribution in [3.05, 3.63) is 48.5 Å². The van der Waals surface area contributed by atoms with Crippen LogP contribution in [0.15, 0.2) is 48.5 Å². The monoisotopic (exact) mass is 283 g/mol. The molecule has 2 aromatic carbocycles. The van der Waals surface area contributed by atoms with Crippen molar-refractivity contribution in [1.29, 1.82) is 0 Å². The summed E-state index contributed by atoms with van der Waals surface area (Å²) < 4.78 is 7.69. The van der Waals surface area contributed by atoms with Gasteiger partial charge in [-0.2, -0.15) is 0 Å². The fourth-order valence-electron chi connectivity index (χ4n) is 2.77. The lowest BCUT2D eigenvalue weighted by Gasteiger charge is -2.15. The van der Waals surface area contributed by atoms with E-state index in [9.17, 15) is 5.11 Å². The molecular formula is C18H21NO2. The molecule has 21 heavy (non-hydrogen) atoms. The van der Waals surface area contributed by atoms with E-state index in [4.69, 9.17) is 4.74 Å². The summed E-state index contributed by atoms with van der Waals surface area (Å²) in [5.41, 5.74) is 2.31. The van der Waals surface area contributed by atoms with Crippen LogP contribution in [0.3, 0.4) is 0 Å². The van der Waals surface area contributed by atoms with Crippen molar-refractivity contribution in [3.8, 4) is 0 Å². The minimum absolute atomic E-state index is 0.137. The third-order valence-corrected chi connectivity index (χ3v) is 3.70. The smallest absolute Gasteiger partial charge is 0.0952 e. The number of hydrogen-bond donors (Lipinski definition) is 1. The van der Waals surface area contributed by atoms with Gasteiger partial charge in [0.1, 0.15) is 0 Å². The zero-order valence-electron chi connectivity index (χ0n) is 12.5. The second-order valence-electron chi connectivity index (χ2n) is 5.68. The van der Waals surface area contributed by atoms with Crippen molar-refractivity contribution >= 4 is 21.8 Å². The summed E-state index contributed by atoms with van der Waals surface area (Å²) in [6.45, 7) is 4.86. The Morgan fingerprint density at radius 1 is 0.952 bits per heavy atom. The number of aliphatic hydroxyl groups is 1. The van der Waals surface area contributed by atoms with Gasteiger partial charge in [-0.15, -0.1) is 0 Å². The summed E-state index contributed by atoms with van der Waals surface area (Å²) in [7, 11) is 0. The number of benzene rings is 2. The first kappa shape index (κ1) is 14.1. The van der Waals surface area contributed by atoms with Gasteiger partial charge in [0.2, 0.25) is 0 Å². The normalized spacial score (nSPS) is 13.3. The highest BCUT2D eigenvalue weighted by Gasteiger charge is 2.13. The van der Waals surface area contributed by atoms with Gasteiger partial charge in [-0.05, 0) is 26.0 Å². The fourth-order valence-corrected chi connectivity index (χ4v) is 2.77. The van der Waals surface area contributed by atoms with Crippen LogP contribution in [0.4, 0.5) is 0 Å². The summed E-state index contributed by atoms with van der Waals surface area (Å²) >= 11 is 0. The Morgan fingerprint density at radius 2 is 1.48 bits per heavy atom. The van der Waals surface area contributed by atoms with Crippen molar-refractivity contribution in [3.63, 3.8) is 0 Å². The summed E-state index contributed by atoms with van der Waals surface area (Å²) in [5.74, 6) is 0. The maximum atomic E-state index is 10.2. The number of nitrogens with zero attached hydrogens (tertiary/aromatic N) is 1. The van der Waals surface area contributed by atoms with Crippen molar-refractivity contribution in [2.75, 3.05) is 6.61 Å². The number of ether oxygens (including phenoxy) is 1. The molecule has 1 heterocycles. The molecule has 0 unspecified atom stereocenters. The first-order chi connectivity index (χ1) is 10.2. The van der Waals surface area contributed by atoms with E-state index in [1.165, 1.54) is 10.8 Å². The molecule has 110 valence electrons. The second-order valence-corrected chi connectivity index (χ2v) is 5.68. The minimum atomic E-state index is -0.508. The molecule has 3 aromatic rings. The Hall–Kier alpha value is -1.84. The van der Waals surface area contributed by atoms with Crippen molar-refractivity contribution in [2.45, 2.75) is 32.6 Å². The average molecular weight is 283 g/mol. The molecule has 0 bridgehead atoms. The molecule has 0 saturated heterocycles. The van der Waals surface area contributed by atoms with Crippen molar-refractivity contribution in [1.82, 2.24) is 4.57 Å². The van der Waals surface area contributed by atoms with Crippen LogP contribution in [-0.2, 0) is 11.3 Å². The SMILES string of the molecule is CC(C)OC[C@H](O)Cn1c2ccccc2c2ccccc21. The topological polar surface area (TPSA) is 34.4 Å². The van der Waals surface area contributed by atoms with Crippen molar-refractivity contribution in [2.24, 2.45) is 0 Å². The number of aliphatic hydroxyl groups excluding tert-OH is 1. The Bertz CT molecular complexity index is 692. The molecule has 0 aliphatic heterocycles. The van der Waals surface area contributed by atoms with E-state index >= 15 is 0 Å². The van der Waals surface area contributed by atoms with Crippen LogP contribution < -0.4 is 0 Å². The third kappa shape index (κ3) is 2.80. The first-order valence-electron chi connectivity index (χ1n) is 7.42. The molecule has 0 spiro atoms. The zero-order valence-corrected chi connectivity index (χ0v) is 12.5. The molecule has 3 nitrogen and oxygen atoms in total. The average Bonchev–Trinajstić information content (AvgIpc) is 2.80. The fraction of sp³-hybridized carbons (Fsp3) is 0.333. The van der Waals surface area contributed by atoms with Gasteiger partial charge >= 0.3 is 0 Å². The third-order valence-electron chi connectivity index (χ3n) is 3.70. The number of aromatic nitrogens is 1. The van der Waals surface area contributed by atoms with E-state index in [2.05, 4.69) is 41.0 Å². The van der Waals surface area contributed by atoms with Crippen LogP contribution in [0.2, 0.25) is 0 Å². The summed E-state index contributed by atoms with van der Waals surface area (Å²) in [6, 6.07) is 16.6. The van der Waals surface area contributed by atoms with Gasteiger partial charge < -0.3 is 14.4 Å². The number of para-hydroxylation sites is 2. The number of hydrogen-bond acceptors (Lipinski definition) is 2. The standard InChI is InChI=1S/C18H21NO2/c1-13(2)21-12-14(20)11-19-17-9-5-3-7-15(17)16-8-4-6-10-18(16)19/h3-10,13-14,20H,11-12H2,1-2H3/t14-/m1/s1. The molecule has 1 atom stereocenters. The van der Waals surface area contributed by atoms with E-state index < -0.39 is 6.10 Å². The van der Waals surface area contributed by atoms with Gasteiger partial charge in [0.05, 0.1) is 25.4 Å². The molecule has 1 aromatic heterocycles. The minimum Gasteiger partial charge on any atom is -0.389 e. The summed E-state index contributed by atoms with van der Waals surface area (Å²) in [5, 5.41) is 12.7. The molecule has 0 radical (unpaired) electrons. The van der Waals surface area contributed by atoms with E-state index in [1.807, 2.05) is 26.0 Å². The molecular weight excluding hydrogens is 262 g/mol. The Morgan fingerprint density at radius 3 is 2.00 bits per heavy atom. The van der Waals surface area contributed by atoms with Gasteiger partial charge in [-0.3, -0.25) is 0 Å². The summed E-state index contributed by atoms with van der Waals surface area (Å²) in [4.78, 5) is 0. The lowest BCUT2D eigenvalue weighted by atomic mass is 10.2. The van der Waals surface area contributed by atoms with E-state index in [0.29, 0.717) is 13.2 Å². The maximum Gasteiger partial charge on any atom is 0.0952 e. The molecule has 0 fully saturated rings. The van der Waals surface area contributed by atoms with Crippen LogP contribution in [0.5, 0.6) is 0 Å². The lowest BCUT2D eigenvalue weighted by Crippen LogP contribution is -2.23. The molecule has 0 aliphatic carbocycles. The molecule has 3 rings (SSSR count). The quantitative estimate of drug-likeness (QED) is 0.776. The number of fused-ring (bicyclic) bond motifs is 3. The van der Waals surface area contributed by atoms with Gasteiger partial charge in [0.15, 0.2) is 0 Å². The van der Waals surface area contributed by atoms with Crippen molar-refractivity contribution < 1.29 is 9.84 Å². The highest BCUT2D eigenvalue weighted by atomic mass is 16.5. The van der Waals surface area contributed by atoms with Crippen LogP contribution in [0, 0.1) is 0 Å². The van der Waals surface area contributed by atoms with Crippen LogP contribution in [0.1, 0.15) is 13.8 Å². The molecule has 0 amide bonds. The van der Waals surface area contributed by atoms with Gasteiger partial charge in [-0.1, -0.05) is 36.4 Å².